The van der Waals surface area contributed by atoms with E-state index >= 15 is 0 Å². The van der Waals surface area contributed by atoms with Gasteiger partial charge < -0.3 is 9.47 Å². The first-order valence-corrected chi connectivity index (χ1v) is 4.59. The van der Waals surface area contributed by atoms with Crippen molar-refractivity contribution >= 4 is 11.8 Å². The summed E-state index contributed by atoms with van der Waals surface area (Å²) in [4.78, 5) is 10.2. The number of nitrogens with one attached hydrogen (secondary N) is 1. The molecule has 0 aliphatic carbocycles. The molecule has 1 aromatic carbocycles. The molecule has 1 N–H and O–H groups in total. The van der Waals surface area contributed by atoms with E-state index in [9.17, 15) is 36.2 Å². The summed E-state index contributed by atoms with van der Waals surface area (Å²) in [5, 5.41) is 11.7. The van der Waals surface area contributed by atoms with Crippen molar-refractivity contribution in [2.45, 2.75) is 12.7 Å². The molecule has 0 bridgehead atoms. The minimum absolute atomic E-state index is 0.293. The Morgan fingerprint density at radius 1 is 0.900 bits per heavy atom. The number of amides is 1. The summed E-state index contributed by atoms with van der Waals surface area (Å²) in [7, 11) is 0. The Balaban J connectivity index is 3.10. The van der Waals surface area contributed by atoms with Crippen molar-refractivity contribution in [1.82, 2.24) is 0 Å². The Kier molecular flexibility index (Phi) is 4.20. The van der Waals surface area contributed by atoms with Crippen molar-refractivity contribution in [3.05, 3.63) is 18.2 Å². The van der Waals surface area contributed by atoms with Crippen LogP contribution in [0.2, 0.25) is 0 Å². The first-order chi connectivity index (χ1) is 8.94. The molecule has 0 fully saturated rings. The average molecular weight is 304 g/mol. The molecule has 0 atom stereocenters. The third kappa shape index (κ3) is 6.02. The lowest BCUT2D eigenvalue weighted by molar-refractivity contribution is -0.276. The largest absolute Gasteiger partial charge is 0.573 e. The van der Waals surface area contributed by atoms with E-state index in [1.165, 1.54) is 5.32 Å². The summed E-state index contributed by atoms with van der Waals surface area (Å²) in [5.74, 6) is -2.19. The lowest BCUT2D eigenvalue weighted by Crippen LogP contribution is -2.19. The molecule has 1 radical (unpaired) electrons. The summed E-state index contributed by atoms with van der Waals surface area (Å²) >= 11 is 0. The number of anilines is 1. The standard InChI is InChI=1S/C9H4F6NO4/c10-8(11,12)19-5-1-4(16-7(17)18)2-6(3-5)20-9(13,14)15/h1-3,16H. The zero-order valence-electron chi connectivity index (χ0n) is 9.13. The van der Waals surface area contributed by atoms with E-state index in [0.29, 0.717) is 18.2 Å². The van der Waals surface area contributed by atoms with Crippen LogP contribution >= 0.6 is 0 Å². The molecule has 1 amide bonds. The molecule has 20 heavy (non-hydrogen) atoms. The Bertz CT molecular complexity index is 464. The predicted molar refractivity (Wildman–Crippen MR) is 49.5 cm³/mol. The molecular weight excluding hydrogens is 300 g/mol. The van der Waals surface area contributed by atoms with Crippen LogP contribution in [0.15, 0.2) is 18.2 Å². The molecule has 0 unspecified atom stereocenters. The molecule has 111 valence electrons. The van der Waals surface area contributed by atoms with Crippen LogP contribution in [0.5, 0.6) is 11.5 Å². The normalized spacial score (nSPS) is 11.9. The SMILES string of the molecule is [O]C(=O)Nc1cc(OC(F)(F)F)cc(OC(F)(F)F)c1. The van der Waals surface area contributed by atoms with Crippen molar-refractivity contribution in [3.63, 3.8) is 0 Å². The molecule has 0 heterocycles. The Labute approximate surface area is 106 Å². The van der Waals surface area contributed by atoms with Gasteiger partial charge in [0.05, 0.1) is 5.69 Å². The van der Waals surface area contributed by atoms with Gasteiger partial charge in [-0.1, -0.05) is 0 Å². The van der Waals surface area contributed by atoms with Crippen LogP contribution in [0.4, 0.5) is 36.8 Å². The second kappa shape index (κ2) is 5.35. The topological polar surface area (TPSA) is 67.5 Å². The zero-order valence-corrected chi connectivity index (χ0v) is 9.13. The molecular formula is C9H4F6NO4. The fourth-order valence-corrected chi connectivity index (χ4v) is 1.15. The van der Waals surface area contributed by atoms with Crippen LogP contribution < -0.4 is 14.8 Å². The lowest BCUT2D eigenvalue weighted by Gasteiger charge is -2.14. The highest BCUT2D eigenvalue weighted by atomic mass is 19.4. The quantitative estimate of drug-likeness (QED) is 0.870. The first-order valence-electron chi connectivity index (χ1n) is 4.59. The predicted octanol–water partition coefficient (Wildman–Crippen LogP) is 3.45. The van der Waals surface area contributed by atoms with Gasteiger partial charge in [-0.3, -0.25) is 5.32 Å². The number of hydrogen-bond acceptors (Lipinski definition) is 3. The summed E-state index contributed by atoms with van der Waals surface area (Å²) in [6.45, 7) is 0. The van der Waals surface area contributed by atoms with Gasteiger partial charge in [-0.2, -0.15) is 0 Å². The second-order valence-electron chi connectivity index (χ2n) is 3.20. The third-order valence-electron chi connectivity index (χ3n) is 1.59. The van der Waals surface area contributed by atoms with Gasteiger partial charge in [0.1, 0.15) is 11.5 Å². The Hall–Kier alpha value is -2.33. The summed E-state index contributed by atoms with van der Waals surface area (Å²) < 4.78 is 78.6. The van der Waals surface area contributed by atoms with Crippen molar-refractivity contribution in [2.24, 2.45) is 0 Å². The van der Waals surface area contributed by atoms with Crippen LogP contribution in [0.1, 0.15) is 0 Å². The minimum Gasteiger partial charge on any atom is -0.406 e. The van der Waals surface area contributed by atoms with Gasteiger partial charge >= 0.3 is 18.8 Å². The van der Waals surface area contributed by atoms with Crippen LogP contribution in [0, 0.1) is 0 Å². The number of ether oxygens (including phenoxy) is 2. The monoisotopic (exact) mass is 304 g/mol. The average Bonchev–Trinajstić information content (AvgIpc) is 2.08. The van der Waals surface area contributed by atoms with E-state index in [1.807, 2.05) is 0 Å². The molecule has 0 aromatic heterocycles. The molecule has 0 saturated heterocycles. The molecule has 0 aliphatic rings. The van der Waals surface area contributed by atoms with Crippen molar-refractivity contribution in [1.29, 1.82) is 0 Å². The molecule has 5 nitrogen and oxygen atoms in total. The van der Waals surface area contributed by atoms with Gasteiger partial charge in [0.2, 0.25) is 0 Å². The number of carbonyl (C=O) groups is 1. The van der Waals surface area contributed by atoms with Crippen LogP contribution in [-0.4, -0.2) is 18.8 Å². The van der Waals surface area contributed by atoms with Crippen LogP contribution in [-0.2, 0) is 5.11 Å². The molecule has 0 spiro atoms. The van der Waals surface area contributed by atoms with E-state index in [2.05, 4.69) is 9.47 Å². The number of hydrogen-bond donors (Lipinski definition) is 1. The van der Waals surface area contributed by atoms with Gasteiger partial charge in [-0.05, 0) is 0 Å². The van der Waals surface area contributed by atoms with E-state index in [1.54, 1.807) is 0 Å². The minimum atomic E-state index is -5.17. The van der Waals surface area contributed by atoms with Gasteiger partial charge in [0.15, 0.2) is 0 Å². The first kappa shape index (κ1) is 15.7. The van der Waals surface area contributed by atoms with E-state index in [0.717, 1.165) is 0 Å². The van der Waals surface area contributed by atoms with E-state index in [4.69, 9.17) is 0 Å². The smallest absolute Gasteiger partial charge is 0.406 e. The number of carbonyl (C=O) groups excluding carboxylic acids is 1. The Morgan fingerprint density at radius 3 is 1.60 bits per heavy atom. The van der Waals surface area contributed by atoms with Crippen LogP contribution in [0.3, 0.4) is 0 Å². The number of alkyl halides is 6. The number of halogens is 6. The van der Waals surface area contributed by atoms with Crippen molar-refractivity contribution in [3.8, 4) is 11.5 Å². The van der Waals surface area contributed by atoms with E-state index < -0.39 is 36.0 Å². The fourth-order valence-electron chi connectivity index (χ4n) is 1.15. The second-order valence-corrected chi connectivity index (χ2v) is 3.20. The van der Waals surface area contributed by atoms with Gasteiger partial charge in [-0.25, -0.2) is 9.90 Å². The number of rotatable bonds is 3. The summed E-state index contributed by atoms with van der Waals surface area (Å²) in [6.07, 6.45) is -12.3. The molecule has 1 rings (SSSR count). The highest BCUT2D eigenvalue weighted by molar-refractivity contribution is 5.83. The van der Waals surface area contributed by atoms with Crippen molar-refractivity contribution < 1.29 is 45.7 Å². The molecule has 0 saturated carbocycles. The van der Waals surface area contributed by atoms with Crippen molar-refractivity contribution in [2.75, 3.05) is 5.32 Å². The molecule has 0 aliphatic heterocycles. The zero-order chi connectivity index (χ0) is 15.6. The van der Waals surface area contributed by atoms with Gasteiger partial charge in [0, 0.05) is 18.2 Å². The maximum absolute atomic E-state index is 12.0. The summed E-state index contributed by atoms with van der Waals surface area (Å²) in [6, 6.07) is 1.31. The van der Waals surface area contributed by atoms with Gasteiger partial charge in [-0.15, -0.1) is 26.3 Å². The van der Waals surface area contributed by atoms with Crippen LogP contribution in [0.25, 0.3) is 0 Å². The highest BCUT2D eigenvalue weighted by Gasteiger charge is 2.34. The molecule has 11 heteroatoms. The maximum Gasteiger partial charge on any atom is 0.573 e. The fraction of sp³-hybridized carbons (Fsp3) is 0.222. The Morgan fingerprint density at radius 2 is 1.30 bits per heavy atom. The summed E-state index contributed by atoms with van der Waals surface area (Å²) in [5.41, 5.74) is -0.647. The van der Waals surface area contributed by atoms with E-state index in [-0.39, 0.29) is 0 Å². The van der Waals surface area contributed by atoms with Gasteiger partial charge in [0.25, 0.3) is 0 Å². The highest BCUT2D eigenvalue weighted by Crippen LogP contribution is 2.33. The maximum atomic E-state index is 12.0. The third-order valence-corrected chi connectivity index (χ3v) is 1.59. The molecule has 1 aromatic rings. The number of benzene rings is 1. The lowest BCUT2D eigenvalue weighted by atomic mass is 10.3.